The maximum atomic E-state index is 12.3. The monoisotopic (exact) mass is 383 g/mol. The van der Waals surface area contributed by atoms with Crippen LogP contribution in [0.2, 0.25) is 0 Å². The number of carbonyl (C=O) groups is 2. The number of aryl methyl sites for hydroxylation is 2. The summed E-state index contributed by atoms with van der Waals surface area (Å²) in [6, 6.07) is 7.02. The average molecular weight is 383 g/mol. The summed E-state index contributed by atoms with van der Waals surface area (Å²) in [5.74, 6) is 0.570. The van der Waals surface area contributed by atoms with Crippen molar-refractivity contribution in [3.63, 3.8) is 0 Å². The van der Waals surface area contributed by atoms with Gasteiger partial charge in [-0.1, -0.05) is 36.8 Å². The van der Waals surface area contributed by atoms with Gasteiger partial charge in [0.1, 0.15) is 5.01 Å². The Bertz CT molecular complexity index is 958. The molecule has 4 rings (SSSR count). The highest BCUT2D eigenvalue weighted by Crippen LogP contribution is 2.23. The summed E-state index contributed by atoms with van der Waals surface area (Å²) < 4.78 is 1.85. The lowest BCUT2D eigenvalue weighted by molar-refractivity contribution is 0.0651. The van der Waals surface area contributed by atoms with Crippen molar-refractivity contribution in [2.75, 3.05) is 6.54 Å². The molecule has 8 heteroatoms. The van der Waals surface area contributed by atoms with Gasteiger partial charge in [0, 0.05) is 19.4 Å². The Hall–Kier alpha value is -2.61. The quantitative estimate of drug-likeness (QED) is 0.441. The molecule has 2 aromatic heterocycles. The van der Waals surface area contributed by atoms with Gasteiger partial charge < -0.3 is 0 Å². The number of aromatic nitrogens is 4. The van der Waals surface area contributed by atoms with E-state index in [0.29, 0.717) is 17.7 Å². The lowest BCUT2D eigenvalue weighted by Gasteiger charge is -2.13. The van der Waals surface area contributed by atoms with Crippen LogP contribution in [-0.4, -0.2) is 43.1 Å². The summed E-state index contributed by atoms with van der Waals surface area (Å²) in [6.07, 6.45) is 5.49. The molecule has 1 aliphatic heterocycles. The molecular formula is C19H21N5O2S. The number of hydrogen-bond acceptors (Lipinski definition) is 6. The fourth-order valence-corrected chi connectivity index (χ4v) is 4.24. The predicted octanol–water partition coefficient (Wildman–Crippen LogP) is 3.15. The highest BCUT2D eigenvalue weighted by Gasteiger charge is 2.34. The molecule has 7 nitrogen and oxygen atoms in total. The molecule has 0 saturated carbocycles. The van der Waals surface area contributed by atoms with Gasteiger partial charge in [0.25, 0.3) is 11.8 Å². The molecule has 0 N–H and O–H groups in total. The standard InChI is InChI=1S/C19H21N5O2S/c1-2-8-15-20-21-19-24(15)22-16(27-19)11-4-3-7-12-23-17(25)13-9-5-6-10-14(13)18(23)26/h5-6,9-10H,2-4,7-8,11-12H2,1H3. The molecule has 1 aliphatic rings. The number of amides is 2. The second-order valence-electron chi connectivity index (χ2n) is 6.67. The van der Waals surface area contributed by atoms with Crippen molar-refractivity contribution in [2.24, 2.45) is 0 Å². The molecule has 3 heterocycles. The van der Waals surface area contributed by atoms with E-state index in [4.69, 9.17) is 0 Å². The van der Waals surface area contributed by atoms with Crippen LogP contribution in [0.5, 0.6) is 0 Å². The van der Waals surface area contributed by atoms with Gasteiger partial charge in [-0.25, -0.2) is 0 Å². The molecule has 0 bridgehead atoms. The van der Waals surface area contributed by atoms with Gasteiger partial charge in [-0.3, -0.25) is 14.5 Å². The lowest BCUT2D eigenvalue weighted by Crippen LogP contribution is -2.30. The summed E-state index contributed by atoms with van der Waals surface area (Å²) in [4.78, 5) is 26.9. The molecule has 0 fully saturated rings. The van der Waals surface area contributed by atoms with Gasteiger partial charge in [0.05, 0.1) is 11.1 Å². The maximum Gasteiger partial charge on any atom is 0.261 e. The number of carbonyl (C=O) groups excluding carboxylic acids is 2. The third-order valence-corrected chi connectivity index (χ3v) is 5.68. The zero-order chi connectivity index (χ0) is 18.8. The zero-order valence-corrected chi connectivity index (χ0v) is 16.0. The van der Waals surface area contributed by atoms with Gasteiger partial charge in [0.15, 0.2) is 5.82 Å². The number of imide groups is 1. The van der Waals surface area contributed by atoms with E-state index in [1.807, 2.05) is 4.52 Å². The fourth-order valence-electron chi connectivity index (χ4n) is 3.34. The van der Waals surface area contributed by atoms with Crippen LogP contribution in [0.15, 0.2) is 24.3 Å². The highest BCUT2D eigenvalue weighted by atomic mass is 32.1. The Morgan fingerprint density at radius 1 is 0.963 bits per heavy atom. The summed E-state index contributed by atoms with van der Waals surface area (Å²) in [6.45, 7) is 2.58. The molecule has 0 unspecified atom stereocenters. The Kier molecular flexibility index (Phi) is 4.98. The third-order valence-electron chi connectivity index (χ3n) is 4.72. The molecule has 0 aliphatic carbocycles. The van der Waals surface area contributed by atoms with E-state index in [0.717, 1.165) is 54.3 Å². The van der Waals surface area contributed by atoms with Crippen LogP contribution in [0.4, 0.5) is 0 Å². The van der Waals surface area contributed by atoms with E-state index in [2.05, 4.69) is 22.2 Å². The first-order chi connectivity index (χ1) is 13.2. The Labute approximate surface area is 161 Å². The molecule has 27 heavy (non-hydrogen) atoms. The van der Waals surface area contributed by atoms with E-state index in [9.17, 15) is 9.59 Å². The van der Waals surface area contributed by atoms with E-state index in [1.54, 1.807) is 35.6 Å². The van der Waals surface area contributed by atoms with Crippen molar-refractivity contribution >= 4 is 28.1 Å². The average Bonchev–Trinajstić information content (AvgIpc) is 3.31. The zero-order valence-electron chi connectivity index (χ0n) is 15.2. The second kappa shape index (κ2) is 7.56. The summed E-state index contributed by atoms with van der Waals surface area (Å²) >= 11 is 1.58. The Morgan fingerprint density at radius 3 is 2.41 bits per heavy atom. The van der Waals surface area contributed by atoms with Crippen molar-refractivity contribution in [1.82, 2.24) is 24.7 Å². The normalized spacial score (nSPS) is 13.7. The lowest BCUT2D eigenvalue weighted by atomic mass is 10.1. The van der Waals surface area contributed by atoms with Crippen molar-refractivity contribution in [2.45, 2.75) is 45.4 Å². The Morgan fingerprint density at radius 2 is 1.70 bits per heavy atom. The predicted molar refractivity (Wildman–Crippen MR) is 102 cm³/mol. The van der Waals surface area contributed by atoms with Crippen LogP contribution in [0.25, 0.3) is 4.96 Å². The van der Waals surface area contributed by atoms with Gasteiger partial charge in [-0.05, 0) is 31.4 Å². The molecule has 2 amide bonds. The molecule has 140 valence electrons. The SMILES string of the molecule is CCCc1nnc2sc(CCCCCN3C(=O)c4ccccc4C3=O)nn12. The van der Waals surface area contributed by atoms with Crippen molar-refractivity contribution in [1.29, 1.82) is 0 Å². The molecule has 0 saturated heterocycles. The van der Waals surface area contributed by atoms with Crippen LogP contribution in [0.1, 0.15) is 64.2 Å². The van der Waals surface area contributed by atoms with Gasteiger partial charge in [0.2, 0.25) is 4.96 Å². The number of benzene rings is 1. The van der Waals surface area contributed by atoms with E-state index >= 15 is 0 Å². The summed E-state index contributed by atoms with van der Waals surface area (Å²) in [5, 5.41) is 14.0. The highest BCUT2D eigenvalue weighted by molar-refractivity contribution is 7.16. The first-order valence-electron chi connectivity index (χ1n) is 9.34. The fraction of sp³-hybridized carbons (Fsp3) is 0.421. The van der Waals surface area contributed by atoms with E-state index in [1.165, 1.54) is 4.90 Å². The largest absolute Gasteiger partial charge is 0.274 e. The number of nitrogens with zero attached hydrogens (tertiary/aromatic N) is 5. The second-order valence-corrected chi connectivity index (χ2v) is 7.72. The van der Waals surface area contributed by atoms with Crippen LogP contribution in [0.3, 0.4) is 0 Å². The van der Waals surface area contributed by atoms with Crippen LogP contribution in [0, 0.1) is 0 Å². The number of hydrogen-bond donors (Lipinski definition) is 0. The topological polar surface area (TPSA) is 80.5 Å². The van der Waals surface area contributed by atoms with E-state index in [-0.39, 0.29) is 11.8 Å². The van der Waals surface area contributed by atoms with Crippen LogP contribution in [-0.2, 0) is 12.8 Å². The number of unbranched alkanes of at least 4 members (excludes halogenated alkanes) is 2. The first-order valence-corrected chi connectivity index (χ1v) is 10.2. The number of rotatable bonds is 8. The summed E-state index contributed by atoms with van der Waals surface area (Å²) in [7, 11) is 0. The minimum absolute atomic E-state index is 0.173. The first kappa shape index (κ1) is 17.8. The molecule has 3 aromatic rings. The van der Waals surface area contributed by atoms with Crippen molar-refractivity contribution < 1.29 is 9.59 Å². The van der Waals surface area contributed by atoms with Gasteiger partial charge >= 0.3 is 0 Å². The van der Waals surface area contributed by atoms with E-state index < -0.39 is 0 Å². The summed E-state index contributed by atoms with van der Waals surface area (Å²) in [5.41, 5.74) is 1.04. The van der Waals surface area contributed by atoms with Crippen LogP contribution >= 0.6 is 11.3 Å². The van der Waals surface area contributed by atoms with Crippen LogP contribution < -0.4 is 0 Å². The molecular weight excluding hydrogens is 362 g/mol. The minimum Gasteiger partial charge on any atom is -0.274 e. The Balaban J connectivity index is 1.27. The van der Waals surface area contributed by atoms with Gasteiger partial charge in [-0.2, -0.15) is 9.61 Å². The molecule has 0 spiro atoms. The molecule has 1 aromatic carbocycles. The van der Waals surface area contributed by atoms with Crippen molar-refractivity contribution in [3.05, 3.63) is 46.2 Å². The smallest absolute Gasteiger partial charge is 0.261 e. The third kappa shape index (κ3) is 3.37. The molecule has 0 radical (unpaired) electrons. The van der Waals surface area contributed by atoms with Crippen molar-refractivity contribution in [3.8, 4) is 0 Å². The van der Waals surface area contributed by atoms with Gasteiger partial charge in [-0.15, -0.1) is 10.2 Å². The maximum absolute atomic E-state index is 12.3. The molecule has 0 atom stereocenters. The minimum atomic E-state index is -0.173. The number of fused-ring (bicyclic) bond motifs is 2.